The second-order valence-electron chi connectivity index (χ2n) is 4.45. The second kappa shape index (κ2) is 4.43. The number of hydrogen-bond donors (Lipinski definition) is 1. The van der Waals surface area contributed by atoms with Crippen LogP contribution in [0, 0.1) is 0 Å². The summed E-state index contributed by atoms with van der Waals surface area (Å²) in [6, 6.07) is 7.98. The fraction of sp³-hybridized carbons (Fsp3) is 0.357. The predicted octanol–water partition coefficient (Wildman–Crippen LogP) is 2.45. The Morgan fingerprint density at radius 2 is 2.18 bits per heavy atom. The zero-order chi connectivity index (χ0) is 11.7. The third-order valence-corrected chi connectivity index (χ3v) is 3.33. The summed E-state index contributed by atoms with van der Waals surface area (Å²) in [6.45, 7) is 0.750. The van der Waals surface area contributed by atoms with Gasteiger partial charge in [-0.3, -0.25) is 4.98 Å². The molecular formula is C14H15NO2. The maximum atomic E-state index is 10.4. The van der Waals surface area contributed by atoms with Gasteiger partial charge in [0.05, 0.1) is 6.10 Å². The van der Waals surface area contributed by atoms with E-state index in [4.69, 9.17) is 4.74 Å². The van der Waals surface area contributed by atoms with Crippen LogP contribution in [-0.2, 0) is 4.74 Å². The number of aliphatic hydroxyl groups is 1. The monoisotopic (exact) mass is 229 g/mol. The molecule has 2 unspecified atom stereocenters. The van der Waals surface area contributed by atoms with Crippen molar-refractivity contribution in [3.05, 3.63) is 42.2 Å². The summed E-state index contributed by atoms with van der Waals surface area (Å²) < 4.78 is 5.54. The molecule has 2 atom stereocenters. The quantitative estimate of drug-likeness (QED) is 0.860. The maximum Gasteiger partial charge on any atom is 0.107 e. The van der Waals surface area contributed by atoms with Crippen molar-refractivity contribution < 1.29 is 9.84 Å². The number of aliphatic hydroxyl groups excluding tert-OH is 1. The van der Waals surface area contributed by atoms with Crippen molar-refractivity contribution >= 4 is 10.8 Å². The number of benzene rings is 1. The Morgan fingerprint density at radius 3 is 3.00 bits per heavy atom. The molecule has 17 heavy (non-hydrogen) atoms. The van der Waals surface area contributed by atoms with Crippen LogP contribution in [0.5, 0.6) is 0 Å². The first kappa shape index (κ1) is 10.7. The molecule has 0 radical (unpaired) electrons. The topological polar surface area (TPSA) is 42.4 Å². The van der Waals surface area contributed by atoms with Gasteiger partial charge in [0.25, 0.3) is 0 Å². The molecule has 0 aliphatic carbocycles. The standard InChI is InChI=1S/C14H15NO2/c16-14(13-6-3-7-17-13)12-9-15-8-10-4-1-2-5-11(10)12/h1-2,4-5,8-9,13-14,16H,3,6-7H2. The van der Waals surface area contributed by atoms with Gasteiger partial charge in [-0.2, -0.15) is 0 Å². The van der Waals surface area contributed by atoms with Gasteiger partial charge >= 0.3 is 0 Å². The smallest absolute Gasteiger partial charge is 0.107 e. The van der Waals surface area contributed by atoms with Crippen LogP contribution in [0.3, 0.4) is 0 Å². The molecule has 88 valence electrons. The van der Waals surface area contributed by atoms with Gasteiger partial charge in [-0.25, -0.2) is 0 Å². The average molecular weight is 229 g/mol. The minimum absolute atomic E-state index is 0.0809. The maximum absolute atomic E-state index is 10.4. The summed E-state index contributed by atoms with van der Waals surface area (Å²) in [6.07, 6.45) is 4.86. The van der Waals surface area contributed by atoms with Gasteiger partial charge in [0.2, 0.25) is 0 Å². The Labute approximate surface area is 100 Å². The van der Waals surface area contributed by atoms with Crippen LogP contribution in [0.15, 0.2) is 36.7 Å². The van der Waals surface area contributed by atoms with E-state index < -0.39 is 6.10 Å². The highest BCUT2D eigenvalue weighted by atomic mass is 16.5. The van der Waals surface area contributed by atoms with Crippen molar-refractivity contribution in [1.82, 2.24) is 4.98 Å². The molecule has 0 amide bonds. The van der Waals surface area contributed by atoms with Crippen molar-refractivity contribution in [2.45, 2.75) is 25.0 Å². The van der Waals surface area contributed by atoms with Crippen LogP contribution in [0.2, 0.25) is 0 Å². The molecule has 3 nitrogen and oxygen atoms in total. The fourth-order valence-corrected chi connectivity index (χ4v) is 2.43. The van der Waals surface area contributed by atoms with E-state index in [1.165, 1.54) is 0 Å². The molecule has 2 heterocycles. The molecule has 1 aromatic carbocycles. The Kier molecular flexibility index (Phi) is 2.79. The molecule has 1 saturated heterocycles. The molecule has 1 aromatic heterocycles. The second-order valence-corrected chi connectivity index (χ2v) is 4.45. The van der Waals surface area contributed by atoms with Gasteiger partial charge in [-0.05, 0) is 18.2 Å². The summed E-state index contributed by atoms with van der Waals surface area (Å²) in [5.74, 6) is 0. The number of aromatic nitrogens is 1. The number of ether oxygens (including phenoxy) is 1. The molecule has 3 rings (SSSR count). The minimum atomic E-state index is -0.573. The summed E-state index contributed by atoms with van der Waals surface area (Å²) >= 11 is 0. The number of hydrogen-bond acceptors (Lipinski definition) is 3. The van der Waals surface area contributed by atoms with E-state index in [1.807, 2.05) is 30.5 Å². The summed E-state index contributed by atoms with van der Waals surface area (Å²) in [4.78, 5) is 4.19. The lowest BCUT2D eigenvalue weighted by molar-refractivity contribution is -0.00200. The molecule has 1 aliphatic heterocycles. The lowest BCUT2D eigenvalue weighted by Crippen LogP contribution is -2.17. The van der Waals surface area contributed by atoms with E-state index in [1.54, 1.807) is 6.20 Å². The van der Waals surface area contributed by atoms with Gasteiger partial charge in [-0.15, -0.1) is 0 Å². The van der Waals surface area contributed by atoms with Crippen LogP contribution in [0.1, 0.15) is 24.5 Å². The van der Waals surface area contributed by atoms with Crippen molar-refractivity contribution in [2.24, 2.45) is 0 Å². The molecule has 1 N–H and O–H groups in total. The lowest BCUT2D eigenvalue weighted by Gasteiger charge is -2.18. The van der Waals surface area contributed by atoms with E-state index in [2.05, 4.69) is 4.98 Å². The van der Waals surface area contributed by atoms with Gasteiger partial charge in [0.15, 0.2) is 0 Å². The minimum Gasteiger partial charge on any atom is -0.386 e. The SMILES string of the molecule is OC(c1cncc2ccccc12)C1CCCO1. The van der Waals surface area contributed by atoms with Crippen molar-refractivity contribution in [1.29, 1.82) is 0 Å². The van der Waals surface area contributed by atoms with Crippen LogP contribution in [0.25, 0.3) is 10.8 Å². The average Bonchev–Trinajstić information content (AvgIpc) is 2.91. The lowest BCUT2D eigenvalue weighted by atomic mass is 9.99. The predicted molar refractivity (Wildman–Crippen MR) is 65.7 cm³/mol. The molecule has 1 fully saturated rings. The fourth-order valence-electron chi connectivity index (χ4n) is 2.43. The number of pyridine rings is 1. The Bertz CT molecular complexity index is 515. The van der Waals surface area contributed by atoms with E-state index in [0.717, 1.165) is 35.8 Å². The van der Waals surface area contributed by atoms with E-state index >= 15 is 0 Å². The molecule has 2 aromatic rings. The molecule has 1 aliphatic rings. The van der Waals surface area contributed by atoms with Crippen molar-refractivity contribution in [3.8, 4) is 0 Å². The molecule has 3 heteroatoms. The molecule has 0 saturated carbocycles. The molecular weight excluding hydrogens is 214 g/mol. The number of nitrogens with zero attached hydrogens (tertiary/aromatic N) is 1. The zero-order valence-corrected chi connectivity index (χ0v) is 9.54. The Hall–Kier alpha value is -1.45. The first-order chi connectivity index (χ1) is 8.36. The highest BCUT2D eigenvalue weighted by Crippen LogP contribution is 2.30. The third-order valence-electron chi connectivity index (χ3n) is 3.33. The van der Waals surface area contributed by atoms with Crippen LogP contribution in [-0.4, -0.2) is 22.8 Å². The van der Waals surface area contributed by atoms with Gasteiger partial charge in [-0.1, -0.05) is 24.3 Å². The largest absolute Gasteiger partial charge is 0.386 e. The van der Waals surface area contributed by atoms with Gasteiger partial charge < -0.3 is 9.84 Å². The highest BCUT2D eigenvalue weighted by Gasteiger charge is 2.26. The van der Waals surface area contributed by atoms with E-state index in [9.17, 15) is 5.11 Å². The van der Waals surface area contributed by atoms with E-state index in [-0.39, 0.29) is 6.10 Å². The number of fused-ring (bicyclic) bond motifs is 1. The van der Waals surface area contributed by atoms with Crippen molar-refractivity contribution in [2.75, 3.05) is 6.61 Å². The van der Waals surface area contributed by atoms with Crippen LogP contribution >= 0.6 is 0 Å². The summed E-state index contributed by atoms with van der Waals surface area (Å²) in [5.41, 5.74) is 0.870. The van der Waals surface area contributed by atoms with Gasteiger partial charge in [0, 0.05) is 30.0 Å². The third kappa shape index (κ3) is 1.92. The highest BCUT2D eigenvalue weighted by molar-refractivity contribution is 5.84. The molecule has 0 spiro atoms. The van der Waals surface area contributed by atoms with Crippen LogP contribution < -0.4 is 0 Å². The zero-order valence-electron chi connectivity index (χ0n) is 9.54. The Morgan fingerprint density at radius 1 is 1.29 bits per heavy atom. The van der Waals surface area contributed by atoms with E-state index in [0.29, 0.717) is 0 Å². The first-order valence-corrected chi connectivity index (χ1v) is 5.98. The number of rotatable bonds is 2. The van der Waals surface area contributed by atoms with Crippen LogP contribution in [0.4, 0.5) is 0 Å². The van der Waals surface area contributed by atoms with Crippen molar-refractivity contribution in [3.63, 3.8) is 0 Å². The summed E-state index contributed by atoms with van der Waals surface area (Å²) in [5, 5.41) is 12.5. The summed E-state index contributed by atoms with van der Waals surface area (Å²) in [7, 11) is 0. The molecule has 0 bridgehead atoms. The van der Waals surface area contributed by atoms with Gasteiger partial charge in [0.1, 0.15) is 6.10 Å². The normalized spacial score (nSPS) is 21.8. The first-order valence-electron chi connectivity index (χ1n) is 5.98. The Balaban J connectivity index is 2.04.